The molecule has 0 fully saturated rings. The Balaban J connectivity index is 0.000000676. The highest BCUT2D eigenvalue weighted by Gasteiger charge is 2.38. The van der Waals surface area contributed by atoms with E-state index in [1.54, 1.807) is 0 Å². The molecule has 0 bridgehead atoms. The van der Waals surface area contributed by atoms with Crippen LogP contribution in [-0.2, 0) is 22.6 Å². The summed E-state index contributed by atoms with van der Waals surface area (Å²) in [6, 6.07) is 29.1. The molecule has 4 rings (SSSR count). The summed E-state index contributed by atoms with van der Waals surface area (Å²) in [4.78, 5) is 31.2. The first-order valence-corrected chi connectivity index (χ1v) is 13.7. The molecule has 0 saturated carbocycles. The van der Waals surface area contributed by atoms with Crippen molar-refractivity contribution in [3.63, 3.8) is 0 Å². The summed E-state index contributed by atoms with van der Waals surface area (Å²) in [5.74, 6) is -0.994. The fraction of sp³-hybridized carbons (Fsp3) is 0.250. The quantitative estimate of drug-likeness (QED) is 0.154. The summed E-state index contributed by atoms with van der Waals surface area (Å²) in [7, 11) is 0. The number of carboxylic acids is 1. The molecule has 0 aliphatic heterocycles. The number of halogens is 3. The maximum Gasteiger partial charge on any atom is 0.490 e. The first-order chi connectivity index (χ1) is 21.0. The minimum Gasteiger partial charge on any atom is -0.492 e. The lowest BCUT2D eigenvalue weighted by atomic mass is 10.1. The van der Waals surface area contributed by atoms with E-state index in [4.69, 9.17) is 14.6 Å². The van der Waals surface area contributed by atoms with Crippen LogP contribution in [0.4, 0.5) is 24.9 Å². The van der Waals surface area contributed by atoms with Gasteiger partial charge in [0.05, 0.1) is 6.54 Å². The summed E-state index contributed by atoms with van der Waals surface area (Å²) >= 11 is 0. The number of carbonyl (C=O) groups excluding carboxylic acids is 1. The lowest BCUT2D eigenvalue weighted by molar-refractivity contribution is -0.192. The Kier molecular flexibility index (Phi) is 12.5. The van der Waals surface area contributed by atoms with Crippen molar-refractivity contribution in [3.05, 3.63) is 113 Å². The Morgan fingerprint density at radius 1 is 0.886 bits per heavy atom. The monoisotopic (exact) mass is 609 g/mol. The van der Waals surface area contributed by atoms with Crippen molar-refractivity contribution < 1.29 is 32.6 Å². The van der Waals surface area contributed by atoms with Gasteiger partial charge >= 0.3 is 12.1 Å². The topological polar surface area (TPSA) is 125 Å². The number of carbonyl (C=O) groups is 2. The number of anilines is 2. The number of benzene rings is 3. The number of hydrogen-bond donors (Lipinski definition) is 4. The highest BCUT2D eigenvalue weighted by Crippen LogP contribution is 2.15. The number of aliphatic carboxylic acids is 1. The average molecular weight is 610 g/mol. The van der Waals surface area contributed by atoms with E-state index in [1.807, 2.05) is 79.7 Å². The summed E-state index contributed by atoms with van der Waals surface area (Å²) in [6.45, 7) is 5.37. The van der Waals surface area contributed by atoms with Gasteiger partial charge in [-0.15, -0.1) is 0 Å². The Morgan fingerprint density at radius 2 is 1.52 bits per heavy atom. The molecule has 4 N–H and O–H groups in total. The van der Waals surface area contributed by atoms with E-state index in [2.05, 4.69) is 51.0 Å². The number of amides is 1. The van der Waals surface area contributed by atoms with E-state index in [0.717, 1.165) is 22.6 Å². The Morgan fingerprint density at radius 3 is 2.16 bits per heavy atom. The van der Waals surface area contributed by atoms with E-state index >= 15 is 0 Å². The lowest BCUT2D eigenvalue weighted by Crippen LogP contribution is -2.42. The van der Waals surface area contributed by atoms with Crippen LogP contribution in [0.5, 0.6) is 5.75 Å². The first-order valence-electron chi connectivity index (χ1n) is 13.7. The van der Waals surface area contributed by atoms with Crippen molar-refractivity contribution in [2.75, 3.05) is 23.8 Å². The zero-order chi connectivity index (χ0) is 32.0. The molecule has 3 aromatic carbocycles. The van der Waals surface area contributed by atoms with Crippen LogP contribution in [0.25, 0.3) is 0 Å². The predicted molar refractivity (Wildman–Crippen MR) is 161 cm³/mol. The highest BCUT2D eigenvalue weighted by molar-refractivity contribution is 5.84. The second-order valence-corrected chi connectivity index (χ2v) is 9.70. The van der Waals surface area contributed by atoms with E-state index in [9.17, 15) is 18.0 Å². The molecular formula is C32H34F3N5O4. The molecule has 1 atom stereocenters. The molecule has 0 aliphatic rings. The summed E-state index contributed by atoms with van der Waals surface area (Å²) in [5.41, 5.74) is 4.22. The number of nitrogens with zero attached hydrogens (tertiary/aromatic N) is 2. The third-order valence-electron chi connectivity index (χ3n) is 5.96. The molecule has 1 aromatic heterocycles. The minimum absolute atomic E-state index is 0.119. The SMILES string of the molecule is Cc1cccc(CNc2nc(C)cc(N[C@@H](Cc3ccccc3)C(=O)NCCOc3ccccc3)n2)c1.O=C(O)C(F)(F)F. The Labute approximate surface area is 253 Å². The first kappa shape index (κ1) is 33.4. The minimum atomic E-state index is -5.08. The Bertz CT molecular complexity index is 1490. The molecule has 12 heteroatoms. The van der Waals surface area contributed by atoms with Crippen molar-refractivity contribution in [2.24, 2.45) is 0 Å². The van der Waals surface area contributed by atoms with Crippen LogP contribution in [0.3, 0.4) is 0 Å². The highest BCUT2D eigenvalue weighted by atomic mass is 19.4. The molecule has 0 radical (unpaired) electrons. The zero-order valence-corrected chi connectivity index (χ0v) is 24.3. The molecule has 232 valence electrons. The number of rotatable bonds is 12. The third-order valence-corrected chi connectivity index (χ3v) is 5.96. The van der Waals surface area contributed by atoms with E-state index < -0.39 is 18.2 Å². The average Bonchev–Trinajstić information content (AvgIpc) is 2.98. The number of para-hydroxylation sites is 1. The molecule has 9 nitrogen and oxygen atoms in total. The van der Waals surface area contributed by atoms with Gasteiger partial charge in [0, 0.05) is 24.7 Å². The van der Waals surface area contributed by atoms with E-state index in [-0.39, 0.29) is 5.91 Å². The van der Waals surface area contributed by atoms with Gasteiger partial charge in [-0.25, -0.2) is 9.78 Å². The van der Waals surface area contributed by atoms with E-state index in [0.29, 0.717) is 37.9 Å². The Hall–Kier alpha value is -5.13. The van der Waals surface area contributed by atoms with Gasteiger partial charge in [0.15, 0.2) is 0 Å². The number of aromatic nitrogens is 2. The van der Waals surface area contributed by atoms with Crippen LogP contribution >= 0.6 is 0 Å². The number of alkyl halides is 3. The second-order valence-electron chi connectivity index (χ2n) is 9.70. The fourth-order valence-corrected chi connectivity index (χ4v) is 3.95. The maximum absolute atomic E-state index is 13.2. The third kappa shape index (κ3) is 12.0. The van der Waals surface area contributed by atoms with Crippen LogP contribution < -0.4 is 20.7 Å². The van der Waals surface area contributed by atoms with Gasteiger partial charge in [0.2, 0.25) is 11.9 Å². The van der Waals surface area contributed by atoms with Crippen molar-refractivity contribution >= 4 is 23.6 Å². The summed E-state index contributed by atoms with van der Waals surface area (Å²) in [6.07, 6.45) is -4.57. The smallest absolute Gasteiger partial charge is 0.490 e. The fourth-order valence-electron chi connectivity index (χ4n) is 3.95. The van der Waals surface area contributed by atoms with Gasteiger partial charge in [-0.3, -0.25) is 4.79 Å². The van der Waals surface area contributed by atoms with Crippen LogP contribution in [0.2, 0.25) is 0 Å². The van der Waals surface area contributed by atoms with Crippen LogP contribution in [0, 0.1) is 13.8 Å². The van der Waals surface area contributed by atoms with Crippen LogP contribution in [0.15, 0.2) is 91.0 Å². The lowest BCUT2D eigenvalue weighted by Gasteiger charge is -2.20. The van der Waals surface area contributed by atoms with Crippen molar-refractivity contribution in [1.82, 2.24) is 15.3 Å². The normalized spacial score (nSPS) is 11.4. The van der Waals surface area contributed by atoms with Crippen LogP contribution in [-0.4, -0.2) is 52.3 Å². The molecule has 0 unspecified atom stereocenters. The number of aryl methyl sites for hydroxylation is 2. The molecule has 0 aliphatic carbocycles. The van der Waals surface area contributed by atoms with Gasteiger partial charge < -0.3 is 25.8 Å². The molecule has 44 heavy (non-hydrogen) atoms. The molecule has 1 amide bonds. The zero-order valence-electron chi connectivity index (χ0n) is 24.3. The molecule has 0 saturated heterocycles. The number of nitrogens with one attached hydrogen (secondary N) is 3. The number of ether oxygens (including phenoxy) is 1. The van der Waals surface area contributed by atoms with Crippen molar-refractivity contribution in [1.29, 1.82) is 0 Å². The largest absolute Gasteiger partial charge is 0.492 e. The predicted octanol–water partition coefficient (Wildman–Crippen LogP) is 5.56. The van der Waals surface area contributed by atoms with Gasteiger partial charge in [-0.1, -0.05) is 78.4 Å². The second kappa shape index (κ2) is 16.5. The van der Waals surface area contributed by atoms with E-state index in [1.165, 1.54) is 5.56 Å². The molecule has 0 spiro atoms. The van der Waals surface area contributed by atoms with Crippen molar-refractivity contribution in [3.8, 4) is 5.75 Å². The molecule has 1 heterocycles. The maximum atomic E-state index is 13.2. The summed E-state index contributed by atoms with van der Waals surface area (Å²) < 4.78 is 37.4. The van der Waals surface area contributed by atoms with Gasteiger partial charge in [0.25, 0.3) is 0 Å². The van der Waals surface area contributed by atoms with Crippen LogP contribution in [0.1, 0.15) is 22.4 Å². The molecule has 4 aromatic rings. The number of carboxylic acid groups (broad SMARTS) is 1. The molecular weight excluding hydrogens is 575 g/mol. The van der Waals surface area contributed by atoms with Gasteiger partial charge in [0.1, 0.15) is 24.2 Å². The van der Waals surface area contributed by atoms with Gasteiger partial charge in [-0.05, 0) is 37.1 Å². The van der Waals surface area contributed by atoms with Crippen molar-refractivity contribution in [2.45, 2.75) is 39.0 Å². The van der Waals surface area contributed by atoms with Gasteiger partial charge in [-0.2, -0.15) is 18.2 Å². The standard InChI is InChI=1S/C30H33N5O2.C2HF3O2/c1-22-10-9-13-25(18-22)21-32-30-33-23(2)19-28(35-30)34-27(20-24-11-5-3-6-12-24)29(36)31-16-17-37-26-14-7-4-8-15-26;3-2(4,5)1(6)7/h3-15,18-19,27H,16-17,20-21H2,1-2H3,(H,31,36)(H2,32,33,34,35);(H,6,7)/t27-;/m0./s1. The summed E-state index contributed by atoms with van der Waals surface area (Å²) in [5, 5.41) is 16.7. The number of hydrogen-bond acceptors (Lipinski definition) is 7.